The number of nitrogens with zero attached hydrogens (tertiary/aromatic N) is 1. The van der Waals surface area contributed by atoms with E-state index in [-0.39, 0.29) is 0 Å². The van der Waals surface area contributed by atoms with Gasteiger partial charge in [0.1, 0.15) is 0 Å². The molecule has 0 saturated carbocycles. The molecule has 11 aromatic rings. The molecular formula is C60H41NS. The van der Waals surface area contributed by atoms with E-state index in [0.29, 0.717) is 0 Å². The second kappa shape index (κ2) is 16.3. The lowest BCUT2D eigenvalue weighted by atomic mass is 9.87. The first-order valence-corrected chi connectivity index (χ1v) is 22.0. The van der Waals surface area contributed by atoms with Gasteiger partial charge in [-0.2, -0.15) is 0 Å². The first kappa shape index (κ1) is 37.2. The van der Waals surface area contributed by atoms with Gasteiger partial charge >= 0.3 is 0 Å². The lowest BCUT2D eigenvalue weighted by Crippen LogP contribution is -2.12. The first-order valence-electron chi connectivity index (χ1n) is 21.2. The van der Waals surface area contributed by atoms with Crippen LogP contribution in [0.3, 0.4) is 0 Å². The van der Waals surface area contributed by atoms with Gasteiger partial charge in [-0.3, -0.25) is 0 Å². The summed E-state index contributed by atoms with van der Waals surface area (Å²) < 4.78 is 2.63. The maximum Gasteiger partial charge on any atom is 0.0546 e. The summed E-state index contributed by atoms with van der Waals surface area (Å²) in [5.41, 5.74) is 17.6. The van der Waals surface area contributed by atoms with E-state index in [1.54, 1.807) is 0 Å². The van der Waals surface area contributed by atoms with Gasteiger partial charge in [0.15, 0.2) is 0 Å². The largest absolute Gasteiger partial charge is 0.310 e. The zero-order valence-corrected chi connectivity index (χ0v) is 34.8. The van der Waals surface area contributed by atoms with Gasteiger partial charge in [-0.1, -0.05) is 206 Å². The summed E-state index contributed by atoms with van der Waals surface area (Å²) in [5.74, 6) is 0. The van der Waals surface area contributed by atoms with E-state index in [1.807, 2.05) is 11.3 Å². The minimum Gasteiger partial charge on any atom is -0.310 e. The van der Waals surface area contributed by atoms with Crippen molar-refractivity contribution in [3.8, 4) is 66.8 Å². The molecule has 0 aliphatic rings. The SMILES string of the molecule is c1ccc(-c2cccc(-c3ccc(N(c4ccc(-c5cccc6c5sc5ccccc56)cc4)c4cccc(-c5ccccc5)c4-c4ccccc4-c4ccccc4)cc3)c2)cc1. The van der Waals surface area contributed by atoms with Crippen molar-refractivity contribution < 1.29 is 0 Å². The van der Waals surface area contributed by atoms with Crippen LogP contribution in [0.4, 0.5) is 17.1 Å². The number of hydrogen-bond donors (Lipinski definition) is 0. The molecule has 0 aliphatic heterocycles. The predicted octanol–water partition coefficient (Wildman–Crippen LogP) is 17.5. The third-order valence-corrected chi connectivity index (χ3v) is 13.1. The molecule has 0 aliphatic carbocycles. The zero-order valence-electron chi connectivity index (χ0n) is 34.0. The molecule has 0 saturated heterocycles. The van der Waals surface area contributed by atoms with Gasteiger partial charge in [-0.05, 0) is 104 Å². The molecule has 292 valence electrons. The Morgan fingerprint density at radius 2 is 0.710 bits per heavy atom. The molecule has 0 bridgehead atoms. The standard InChI is InChI=1S/C60H41NS/c1-4-17-42(18-5-1)47-23-14-24-48(41-47)43-33-37-49(38-34-43)61(50-39-35-46(36-40-50)53-29-15-30-56-54-26-12-13-32-58(54)62-60(53)56)57-31-16-28-52(45-21-8-3-9-22-45)59(57)55-27-11-10-25-51(55)44-19-6-2-7-20-44/h1-41H. The number of fused-ring (bicyclic) bond motifs is 3. The lowest BCUT2D eigenvalue weighted by Gasteiger charge is -2.30. The smallest absolute Gasteiger partial charge is 0.0546 e. The van der Waals surface area contributed by atoms with Crippen molar-refractivity contribution in [1.82, 2.24) is 0 Å². The van der Waals surface area contributed by atoms with Gasteiger partial charge in [0, 0.05) is 37.1 Å². The monoisotopic (exact) mass is 807 g/mol. The van der Waals surface area contributed by atoms with Crippen LogP contribution in [-0.2, 0) is 0 Å². The number of hydrogen-bond acceptors (Lipinski definition) is 2. The molecule has 0 spiro atoms. The second-order valence-electron chi connectivity index (χ2n) is 15.6. The van der Waals surface area contributed by atoms with Gasteiger partial charge in [-0.15, -0.1) is 11.3 Å². The summed E-state index contributed by atoms with van der Waals surface area (Å²) >= 11 is 1.87. The highest BCUT2D eigenvalue weighted by atomic mass is 32.1. The molecule has 1 nitrogen and oxygen atoms in total. The van der Waals surface area contributed by atoms with Crippen molar-refractivity contribution >= 4 is 48.6 Å². The third kappa shape index (κ3) is 6.97. The fourth-order valence-electron chi connectivity index (χ4n) is 8.94. The van der Waals surface area contributed by atoms with Crippen molar-refractivity contribution in [1.29, 1.82) is 0 Å². The van der Waals surface area contributed by atoms with E-state index >= 15 is 0 Å². The molecule has 0 N–H and O–H groups in total. The van der Waals surface area contributed by atoms with Crippen LogP contribution in [0.5, 0.6) is 0 Å². The molecule has 0 atom stereocenters. The minimum absolute atomic E-state index is 1.08. The Hall–Kier alpha value is -7.78. The Kier molecular flexibility index (Phi) is 9.82. The number of rotatable bonds is 9. The maximum absolute atomic E-state index is 2.44. The molecule has 11 rings (SSSR count). The number of thiophene rings is 1. The molecular weight excluding hydrogens is 767 g/mol. The molecule has 0 radical (unpaired) electrons. The van der Waals surface area contributed by atoms with Gasteiger partial charge in [0.05, 0.1) is 5.69 Å². The summed E-state index contributed by atoms with van der Waals surface area (Å²) in [6.45, 7) is 0. The fourth-order valence-corrected chi connectivity index (χ4v) is 10.2. The van der Waals surface area contributed by atoms with Crippen LogP contribution in [0.15, 0.2) is 249 Å². The van der Waals surface area contributed by atoms with Crippen molar-refractivity contribution in [2.24, 2.45) is 0 Å². The fraction of sp³-hybridized carbons (Fsp3) is 0. The van der Waals surface area contributed by atoms with Gasteiger partial charge < -0.3 is 4.90 Å². The molecule has 0 amide bonds. The Labute approximate surface area is 367 Å². The van der Waals surface area contributed by atoms with Crippen molar-refractivity contribution in [3.05, 3.63) is 249 Å². The quantitative estimate of drug-likeness (QED) is 0.140. The van der Waals surface area contributed by atoms with Gasteiger partial charge in [-0.25, -0.2) is 0 Å². The average Bonchev–Trinajstić information content (AvgIpc) is 3.75. The molecule has 0 unspecified atom stereocenters. The maximum atomic E-state index is 2.44. The third-order valence-electron chi connectivity index (χ3n) is 11.9. The summed E-state index contributed by atoms with van der Waals surface area (Å²) in [6, 6.07) is 90.3. The van der Waals surface area contributed by atoms with Crippen LogP contribution in [0.2, 0.25) is 0 Å². The van der Waals surface area contributed by atoms with Crippen LogP contribution in [0.1, 0.15) is 0 Å². The van der Waals surface area contributed by atoms with Crippen LogP contribution in [0, 0.1) is 0 Å². The average molecular weight is 808 g/mol. The molecule has 1 aromatic heterocycles. The second-order valence-corrected chi connectivity index (χ2v) is 16.7. The number of benzene rings is 10. The highest BCUT2D eigenvalue weighted by Gasteiger charge is 2.23. The molecule has 62 heavy (non-hydrogen) atoms. The number of anilines is 3. The van der Waals surface area contributed by atoms with Crippen LogP contribution >= 0.6 is 11.3 Å². The van der Waals surface area contributed by atoms with E-state index in [1.165, 1.54) is 86.9 Å². The van der Waals surface area contributed by atoms with E-state index in [9.17, 15) is 0 Å². The minimum atomic E-state index is 1.08. The van der Waals surface area contributed by atoms with E-state index in [0.717, 1.165) is 17.1 Å². The first-order chi connectivity index (χ1) is 30.8. The van der Waals surface area contributed by atoms with Crippen molar-refractivity contribution in [3.63, 3.8) is 0 Å². The normalized spacial score (nSPS) is 11.2. The summed E-state index contributed by atoms with van der Waals surface area (Å²) in [4.78, 5) is 2.44. The van der Waals surface area contributed by atoms with E-state index < -0.39 is 0 Å². The summed E-state index contributed by atoms with van der Waals surface area (Å²) in [5, 5.41) is 2.62. The summed E-state index contributed by atoms with van der Waals surface area (Å²) in [7, 11) is 0. The Bertz CT molecular complexity index is 3310. The highest BCUT2D eigenvalue weighted by Crippen LogP contribution is 2.49. The Morgan fingerprint density at radius 1 is 0.274 bits per heavy atom. The van der Waals surface area contributed by atoms with Crippen molar-refractivity contribution in [2.75, 3.05) is 4.90 Å². The Morgan fingerprint density at radius 3 is 1.39 bits per heavy atom. The molecule has 1 heterocycles. The summed E-state index contributed by atoms with van der Waals surface area (Å²) in [6.07, 6.45) is 0. The topological polar surface area (TPSA) is 3.24 Å². The predicted molar refractivity (Wildman–Crippen MR) is 267 cm³/mol. The van der Waals surface area contributed by atoms with Crippen LogP contribution in [0.25, 0.3) is 86.9 Å². The van der Waals surface area contributed by atoms with E-state index in [2.05, 4.69) is 254 Å². The van der Waals surface area contributed by atoms with E-state index in [4.69, 9.17) is 0 Å². The van der Waals surface area contributed by atoms with Gasteiger partial charge in [0.2, 0.25) is 0 Å². The Balaban J connectivity index is 1.10. The van der Waals surface area contributed by atoms with Gasteiger partial charge in [0.25, 0.3) is 0 Å². The highest BCUT2D eigenvalue weighted by molar-refractivity contribution is 7.26. The van der Waals surface area contributed by atoms with Crippen LogP contribution in [-0.4, -0.2) is 0 Å². The van der Waals surface area contributed by atoms with Crippen molar-refractivity contribution in [2.45, 2.75) is 0 Å². The zero-order chi connectivity index (χ0) is 41.2. The lowest BCUT2D eigenvalue weighted by molar-refractivity contribution is 1.28. The molecule has 10 aromatic carbocycles. The molecule has 0 fully saturated rings. The van der Waals surface area contributed by atoms with Crippen LogP contribution < -0.4 is 4.90 Å². The molecule has 2 heteroatoms.